The third-order valence-electron chi connectivity index (χ3n) is 0. The zero-order valence-electron chi connectivity index (χ0n) is 10.7. The third-order valence-corrected chi connectivity index (χ3v) is 0. The van der Waals surface area contributed by atoms with Crippen LogP contribution in [0.1, 0.15) is 7.13 Å². The molecule has 0 aromatic carbocycles. The molecule has 11 heavy (non-hydrogen) atoms. The molecule has 0 heterocycles. The van der Waals surface area contributed by atoms with Crippen molar-refractivity contribution in [2.75, 3.05) is 0 Å². The predicted molar refractivity (Wildman–Crippen MR) is 48.9 cm³/mol. The van der Waals surface area contributed by atoms with Crippen molar-refractivity contribution in [3.05, 3.63) is 0 Å². The van der Waals surface area contributed by atoms with E-state index < -0.39 is 9.05 Å². The van der Waals surface area contributed by atoms with Crippen LogP contribution in [0.15, 0.2) is 0 Å². The molecule has 0 aliphatic carbocycles. The van der Waals surface area contributed by atoms with E-state index in [2.05, 4.69) is 0 Å². The smallest absolute Gasteiger partial charge is 1.00 e. The summed E-state index contributed by atoms with van der Waals surface area (Å²) in [5, 5.41) is 0. The Labute approximate surface area is 151 Å². The quantitative estimate of drug-likeness (QED) is 0.318. The monoisotopic (exact) mass is 254 g/mol. The zero-order chi connectivity index (χ0) is 4.50. The maximum Gasteiger partial charge on any atom is 2.00 e. The van der Waals surface area contributed by atoms with Crippen LogP contribution < -0.4 is 29.6 Å². The van der Waals surface area contributed by atoms with Crippen LogP contribution in [0.25, 0.3) is 0 Å². The first kappa shape index (κ1) is 46.9. The molecule has 0 spiro atoms. The average molecular weight is 255 g/mol. The van der Waals surface area contributed by atoms with E-state index in [1.807, 2.05) is 0 Å². The summed E-state index contributed by atoms with van der Waals surface area (Å²) in [6.07, 6.45) is 0. The molecule has 0 amide bonds. The summed E-state index contributed by atoms with van der Waals surface area (Å²) in [6, 6.07) is 0. The van der Waals surface area contributed by atoms with Gasteiger partial charge in [-0.1, -0.05) is 0 Å². The van der Waals surface area contributed by atoms with Gasteiger partial charge < -0.3 is 37.3 Å². The van der Waals surface area contributed by atoms with Crippen LogP contribution in [0, 0.1) is 0 Å². The molecule has 0 fully saturated rings. The van der Waals surface area contributed by atoms with Crippen molar-refractivity contribution in [2.45, 2.75) is 0 Å². The number of hydrogen-bond acceptors (Lipinski definition) is 4. The minimum absolute atomic E-state index is 0. The molecule has 8 N–H and O–H groups in total. The molecule has 11 heteroatoms. The van der Waals surface area contributed by atoms with Gasteiger partial charge in [0.05, 0.1) is 0 Å². The van der Waals surface area contributed by atoms with E-state index in [0.29, 0.717) is 0 Å². The van der Waals surface area contributed by atoms with E-state index in [4.69, 9.17) is 19.2 Å². The molecular weight excluding hydrogens is 238 g/mol. The Bertz CT molecular complexity index is 52.4. The van der Waals surface area contributed by atoms with E-state index in [1.165, 1.54) is 0 Å². The molecular formula is H16AlCaMgNaO6Si. The minimum atomic E-state index is -4.61. The molecule has 0 radical (unpaired) electrons. The van der Waals surface area contributed by atoms with Gasteiger partial charge in [0.2, 0.25) is 0 Å². The van der Waals surface area contributed by atoms with E-state index in [-0.39, 0.29) is 126 Å². The van der Waals surface area contributed by atoms with Crippen LogP contribution in [0.4, 0.5) is 0 Å². The van der Waals surface area contributed by atoms with Crippen LogP contribution in [-0.2, 0) is 0 Å². The fourth-order valence-corrected chi connectivity index (χ4v) is 0. The SMILES string of the molecule is O.O.O[Si](O)(O)O.[AlH3].[Ca+2].[H-].[H-].[H-].[H-].[H-].[Mg+2].[Na+]. The Kier molecular flexibility index (Phi) is 99.7. The normalized spacial score (nSPS) is 5.45. The second kappa shape index (κ2) is 23.4. The van der Waals surface area contributed by atoms with Crippen molar-refractivity contribution in [1.29, 1.82) is 0 Å². The standard InChI is InChI=1S/Al.Ca.Mg.Na.H4O4Si.2H2O.8H/c;;;;1-5(2,3)4;;;;;;;;;;/h;;;;1-4H;2*1H2;;;;;;;;/q;2*+2;+1;;;;;;;5*-1. The molecule has 0 unspecified atom stereocenters. The summed E-state index contributed by atoms with van der Waals surface area (Å²) < 4.78 is 0. The van der Waals surface area contributed by atoms with Crippen molar-refractivity contribution >= 4 is 87.2 Å². The van der Waals surface area contributed by atoms with Gasteiger partial charge in [-0.2, -0.15) is 0 Å². The summed E-state index contributed by atoms with van der Waals surface area (Å²) in [7, 11) is -4.61. The molecule has 0 rings (SSSR count). The summed E-state index contributed by atoms with van der Waals surface area (Å²) in [5.41, 5.74) is 0. The van der Waals surface area contributed by atoms with E-state index in [1.54, 1.807) is 0 Å². The molecule has 0 saturated carbocycles. The van der Waals surface area contributed by atoms with Gasteiger partial charge >= 0.3 is 99.4 Å². The van der Waals surface area contributed by atoms with Gasteiger partial charge in [-0.25, -0.2) is 0 Å². The van der Waals surface area contributed by atoms with Crippen molar-refractivity contribution in [1.82, 2.24) is 0 Å². The molecule has 0 bridgehead atoms. The molecule has 0 atom stereocenters. The topological polar surface area (TPSA) is 144 Å². The van der Waals surface area contributed by atoms with Gasteiger partial charge in [-0.3, -0.25) is 0 Å². The van der Waals surface area contributed by atoms with E-state index in [9.17, 15) is 0 Å². The zero-order valence-corrected chi connectivity index (χ0v) is 12.3. The van der Waals surface area contributed by atoms with Gasteiger partial charge in [0.25, 0.3) is 0 Å². The Morgan fingerprint density at radius 2 is 0.909 bits per heavy atom. The van der Waals surface area contributed by atoms with Gasteiger partial charge in [0.1, 0.15) is 0 Å². The van der Waals surface area contributed by atoms with Crippen molar-refractivity contribution < 1.29 is 66.8 Å². The predicted octanol–water partition coefficient (Wildman–Crippen LogP) is -8.64. The maximum absolute atomic E-state index is 7.33. The van der Waals surface area contributed by atoms with Gasteiger partial charge in [-0.05, 0) is 0 Å². The van der Waals surface area contributed by atoms with Gasteiger partial charge in [0.15, 0.2) is 17.4 Å². The van der Waals surface area contributed by atoms with Crippen LogP contribution in [0.3, 0.4) is 0 Å². The van der Waals surface area contributed by atoms with Crippen molar-refractivity contribution in [3.8, 4) is 0 Å². The first-order chi connectivity index (χ1) is 2.00. The maximum atomic E-state index is 7.33. The van der Waals surface area contributed by atoms with Gasteiger partial charge in [-0.15, -0.1) is 0 Å². The number of rotatable bonds is 0. The van der Waals surface area contributed by atoms with Crippen molar-refractivity contribution in [3.63, 3.8) is 0 Å². The summed E-state index contributed by atoms with van der Waals surface area (Å²) in [5.74, 6) is 0. The Morgan fingerprint density at radius 3 is 0.909 bits per heavy atom. The first-order valence-corrected chi connectivity index (χ1v) is 2.68. The van der Waals surface area contributed by atoms with Crippen LogP contribution >= 0.6 is 0 Å². The summed E-state index contributed by atoms with van der Waals surface area (Å²) >= 11 is 0. The van der Waals surface area contributed by atoms with Crippen molar-refractivity contribution in [2.24, 2.45) is 0 Å². The van der Waals surface area contributed by atoms with Crippen LogP contribution in [0.2, 0.25) is 0 Å². The second-order valence-corrected chi connectivity index (χ2v) is 1.80. The fourth-order valence-electron chi connectivity index (χ4n) is 0. The first-order valence-electron chi connectivity index (χ1n) is 0.894. The van der Waals surface area contributed by atoms with Crippen LogP contribution in [0.5, 0.6) is 0 Å². The number of hydrogen-bond donors (Lipinski definition) is 4. The Hall–Kier alpha value is 3.54. The summed E-state index contributed by atoms with van der Waals surface area (Å²) in [6.45, 7) is 0. The fraction of sp³-hybridized carbons (Fsp3) is 0. The Morgan fingerprint density at radius 1 is 0.909 bits per heavy atom. The molecule has 0 aliphatic heterocycles. The summed E-state index contributed by atoms with van der Waals surface area (Å²) in [4.78, 5) is 29.3. The largest absolute Gasteiger partial charge is 2.00 e. The minimum Gasteiger partial charge on any atom is -1.00 e. The van der Waals surface area contributed by atoms with Crippen LogP contribution in [-0.4, -0.2) is 117 Å². The van der Waals surface area contributed by atoms with E-state index in [0.717, 1.165) is 0 Å². The molecule has 0 aromatic heterocycles. The molecule has 0 aromatic rings. The van der Waals surface area contributed by atoms with E-state index >= 15 is 0 Å². The second-order valence-electron chi connectivity index (χ2n) is 0.600. The molecule has 0 saturated heterocycles. The molecule has 6 nitrogen and oxygen atoms in total. The van der Waals surface area contributed by atoms with Gasteiger partial charge in [0, 0.05) is 0 Å². The molecule has 0 aliphatic rings. The average Bonchev–Trinajstić information content (AvgIpc) is 0.722. The third kappa shape index (κ3) is 144. The Balaban J connectivity index is -0.00000000145. The molecule has 64 valence electrons.